The van der Waals surface area contributed by atoms with Crippen molar-refractivity contribution in [3.05, 3.63) is 0 Å². The van der Waals surface area contributed by atoms with Crippen molar-refractivity contribution in [3.63, 3.8) is 0 Å². The first-order valence-corrected chi connectivity index (χ1v) is 7.91. The smallest absolute Gasteiger partial charge is 0.116 e. The Morgan fingerprint density at radius 1 is 1.26 bits per heavy atom. The van der Waals surface area contributed by atoms with E-state index in [2.05, 4.69) is 37.2 Å². The van der Waals surface area contributed by atoms with Gasteiger partial charge in [-0.3, -0.25) is 5.32 Å². The lowest BCUT2D eigenvalue weighted by Crippen LogP contribution is -2.52. The van der Waals surface area contributed by atoms with Gasteiger partial charge >= 0.3 is 0 Å². The zero-order valence-electron chi connectivity index (χ0n) is 13.2. The first kappa shape index (κ1) is 16.5. The molecule has 1 atom stereocenters. The van der Waals surface area contributed by atoms with E-state index in [0.717, 1.165) is 25.4 Å². The molecule has 0 radical (unpaired) electrons. The molecule has 1 aliphatic carbocycles. The third kappa shape index (κ3) is 5.12. The van der Waals surface area contributed by atoms with Gasteiger partial charge in [-0.2, -0.15) is 5.26 Å². The molecule has 19 heavy (non-hydrogen) atoms. The highest BCUT2D eigenvalue weighted by Gasteiger charge is 2.29. The van der Waals surface area contributed by atoms with Gasteiger partial charge < -0.3 is 4.90 Å². The number of likely N-dealkylation sites (N-methyl/N-ethyl adjacent to an activating group) is 1. The average Bonchev–Trinajstić information content (AvgIpc) is 2.45. The van der Waals surface area contributed by atoms with E-state index < -0.39 is 5.54 Å². The van der Waals surface area contributed by atoms with E-state index in [4.69, 9.17) is 0 Å². The predicted molar refractivity (Wildman–Crippen MR) is 81.0 cm³/mol. The summed E-state index contributed by atoms with van der Waals surface area (Å²) in [5.41, 5.74) is -0.410. The van der Waals surface area contributed by atoms with Crippen LogP contribution in [0, 0.1) is 17.2 Å². The fourth-order valence-electron chi connectivity index (χ4n) is 3.15. The molecular weight excluding hydrogens is 234 g/mol. The molecule has 0 heterocycles. The maximum Gasteiger partial charge on any atom is 0.116 e. The van der Waals surface area contributed by atoms with Crippen molar-refractivity contribution in [2.24, 2.45) is 5.92 Å². The number of hydrogen-bond donors (Lipinski definition) is 1. The van der Waals surface area contributed by atoms with Crippen molar-refractivity contribution < 1.29 is 0 Å². The van der Waals surface area contributed by atoms with Gasteiger partial charge in [-0.15, -0.1) is 0 Å². The van der Waals surface area contributed by atoms with Gasteiger partial charge in [0, 0.05) is 12.6 Å². The van der Waals surface area contributed by atoms with Crippen LogP contribution in [-0.4, -0.2) is 36.6 Å². The van der Waals surface area contributed by atoms with Gasteiger partial charge in [-0.1, -0.05) is 20.3 Å². The molecule has 0 aromatic rings. The summed E-state index contributed by atoms with van der Waals surface area (Å²) in [6.07, 6.45) is 7.70. The third-order valence-corrected chi connectivity index (χ3v) is 4.59. The van der Waals surface area contributed by atoms with Gasteiger partial charge in [-0.25, -0.2) is 0 Å². The number of rotatable bonds is 7. The standard InChI is InChI=1S/C16H31N3/c1-5-11-18-16(3,12-17)13-19(4)15-9-7-14(6-2)8-10-15/h14-15,18H,5-11,13H2,1-4H3. The summed E-state index contributed by atoms with van der Waals surface area (Å²) in [5, 5.41) is 12.8. The van der Waals surface area contributed by atoms with Crippen LogP contribution in [0.15, 0.2) is 0 Å². The molecule has 1 aliphatic rings. The van der Waals surface area contributed by atoms with Crippen molar-refractivity contribution in [2.45, 2.75) is 70.9 Å². The van der Waals surface area contributed by atoms with Crippen molar-refractivity contribution in [2.75, 3.05) is 20.1 Å². The second kappa shape index (κ2) is 7.87. The molecule has 0 aromatic carbocycles. The van der Waals surface area contributed by atoms with E-state index in [-0.39, 0.29) is 0 Å². The van der Waals surface area contributed by atoms with Gasteiger partial charge in [0.25, 0.3) is 0 Å². The van der Waals surface area contributed by atoms with E-state index in [1.165, 1.54) is 32.1 Å². The molecule has 1 rings (SSSR count). The SMILES string of the molecule is CCCNC(C)(C#N)CN(C)C1CCC(CC)CC1. The van der Waals surface area contributed by atoms with E-state index in [1.807, 2.05) is 6.92 Å². The zero-order chi connectivity index (χ0) is 14.3. The molecule has 3 heteroatoms. The van der Waals surface area contributed by atoms with E-state index in [9.17, 15) is 5.26 Å². The Labute approximate surface area is 119 Å². The largest absolute Gasteiger partial charge is 0.301 e. The summed E-state index contributed by atoms with van der Waals surface area (Å²) in [6, 6.07) is 3.12. The van der Waals surface area contributed by atoms with Gasteiger partial charge in [-0.05, 0) is 58.5 Å². The maximum atomic E-state index is 9.40. The Bertz CT molecular complexity index is 289. The molecule has 1 fully saturated rings. The van der Waals surface area contributed by atoms with Crippen LogP contribution in [-0.2, 0) is 0 Å². The Balaban J connectivity index is 2.45. The fourth-order valence-corrected chi connectivity index (χ4v) is 3.15. The number of nitrogens with zero attached hydrogens (tertiary/aromatic N) is 2. The lowest BCUT2D eigenvalue weighted by Gasteiger charge is -2.38. The van der Waals surface area contributed by atoms with Crippen LogP contribution in [0.25, 0.3) is 0 Å². The Hall–Kier alpha value is -0.590. The van der Waals surface area contributed by atoms with E-state index in [0.29, 0.717) is 6.04 Å². The minimum atomic E-state index is -0.410. The second-order valence-corrected chi connectivity index (χ2v) is 6.37. The molecule has 0 saturated heterocycles. The predicted octanol–water partition coefficient (Wildman–Crippen LogP) is 3.17. The maximum absolute atomic E-state index is 9.40. The van der Waals surface area contributed by atoms with E-state index >= 15 is 0 Å². The van der Waals surface area contributed by atoms with Crippen molar-refractivity contribution in [3.8, 4) is 6.07 Å². The minimum absolute atomic E-state index is 0.410. The monoisotopic (exact) mass is 265 g/mol. The first-order valence-electron chi connectivity index (χ1n) is 7.91. The van der Waals surface area contributed by atoms with Crippen LogP contribution in [0.2, 0.25) is 0 Å². The quantitative estimate of drug-likeness (QED) is 0.768. The molecule has 0 aromatic heterocycles. The summed E-state index contributed by atoms with van der Waals surface area (Å²) in [5.74, 6) is 0.935. The van der Waals surface area contributed by atoms with E-state index in [1.54, 1.807) is 0 Å². The molecule has 1 N–H and O–H groups in total. The van der Waals surface area contributed by atoms with Gasteiger partial charge in [0.2, 0.25) is 0 Å². The third-order valence-electron chi connectivity index (χ3n) is 4.59. The molecule has 0 amide bonds. The Kier molecular flexibility index (Phi) is 6.82. The molecule has 3 nitrogen and oxygen atoms in total. The van der Waals surface area contributed by atoms with Crippen LogP contribution >= 0.6 is 0 Å². The van der Waals surface area contributed by atoms with Crippen LogP contribution in [0.4, 0.5) is 0 Å². The van der Waals surface area contributed by atoms with Crippen LogP contribution in [0.3, 0.4) is 0 Å². The van der Waals surface area contributed by atoms with Crippen molar-refractivity contribution in [1.29, 1.82) is 5.26 Å². The van der Waals surface area contributed by atoms with Crippen LogP contribution < -0.4 is 5.32 Å². The van der Waals surface area contributed by atoms with Gasteiger partial charge in [0.15, 0.2) is 0 Å². The van der Waals surface area contributed by atoms with Crippen molar-refractivity contribution >= 4 is 0 Å². The molecule has 0 bridgehead atoms. The summed E-state index contributed by atoms with van der Waals surface area (Å²) >= 11 is 0. The number of nitriles is 1. The Morgan fingerprint density at radius 2 is 1.89 bits per heavy atom. The molecule has 1 unspecified atom stereocenters. The molecule has 0 spiro atoms. The summed E-state index contributed by atoms with van der Waals surface area (Å²) in [6.45, 7) is 8.21. The highest BCUT2D eigenvalue weighted by atomic mass is 15.2. The Morgan fingerprint density at radius 3 is 2.37 bits per heavy atom. The lowest BCUT2D eigenvalue weighted by atomic mass is 9.83. The highest BCUT2D eigenvalue weighted by molar-refractivity contribution is 5.06. The highest BCUT2D eigenvalue weighted by Crippen LogP contribution is 2.29. The molecular formula is C16H31N3. The minimum Gasteiger partial charge on any atom is -0.301 e. The number of nitrogens with one attached hydrogen (secondary N) is 1. The van der Waals surface area contributed by atoms with Gasteiger partial charge in [0.1, 0.15) is 5.54 Å². The normalized spacial score (nSPS) is 26.9. The van der Waals surface area contributed by atoms with Crippen LogP contribution in [0.1, 0.15) is 59.3 Å². The molecule has 1 saturated carbocycles. The van der Waals surface area contributed by atoms with Crippen LogP contribution in [0.5, 0.6) is 0 Å². The summed E-state index contributed by atoms with van der Waals surface area (Å²) in [7, 11) is 2.18. The molecule has 110 valence electrons. The van der Waals surface area contributed by atoms with Gasteiger partial charge in [0.05, 0.1) is 6.07 Å². The summed E-state index contributed by atoms with van der Waals surface area (Å²) < 4.78 is 0. The van der Waals surface area contributed by atoms with Crippen molar-refractivity contribution in [1.82, 2.24) is 10.2 Å². The topological polar surface area (TPSA) is 39.1 Å². The number of hydrogen-bond acceptors (Lipinski definition) is 3. The first-order chi connectivity index (χ1) is 9.04. The fraction of sp³-hybridized carbons (Fsp3) is 0.938. The lowest BCUT2D eigenvalue weighted by molar-refractivity contribution is 0.140. The second-order valence-electron chi connectivity index (χ2n) is 6.37. The zero-order valence-corrected chi connectivity index (χ0v) is 13.2. The average molecular weight is 265 g/mol. The summed E-state index contributed by atoms with van der Waals surface area (Å²) in [4.78, 5) is 2.40. The molecule has 0 aliphatic heterocycles.